The lowest BCUT2D eigenvalue weighted by Crippen LogP contribution is -2.37. The van der Waals surface area contributed by atoms with Crippen LogP contribution in [-0.2, 0) is 11.2 Å². The molecular formula is C19H29N5O. The predicted molar refractivity (Wildman–Crippen MR) is 101 cm³/mol. The zero-order valence-electron chi connectivity index (χ0n) is 15.5. The van der Waals surface area contributed by atoms with E-state index in [1.807, 2.05) is 6.07 Å². The van der Waals surface area contributed by atoms with Gasteiger partial charge in [0.1, 0.15) is 5.82 Å². The summed E-state index contributed by atoms with van der Waals surface area (Å²) in [6.45, 7) is 5.75. The Kier molecular flexibility index (Phi) is 5.71. The van der Waals surface area contributed by atoms with E-state index in [1.165, 1.54) is 12.0 Å². The maximum atomic E-state index is 12.1. The molecule has 136 valence electrons. The Bertz CT molecular complexity index is 726. The van der Waals surface area contributed by atoms with Crippen molar-refractivity contribution < 1.29 is 4.79 Å². The fourth-order valence-electron chi connectivity index (χ4n) is 3.44. The first-order valence-electron chi connectivity index (χ1n) is 9.12. The molecule has 0 radical (unpaired) electrons. The molecule has 1 fully saturated rings. The summed E-state index contributed by atoms with van der Waals surface area (Å²) in [5, 5.41) is 3.01. The number of likely N-dealkylation sites (tertiary alicyclic amines) is 1. The topological polar surface area (TPSA) is 64.3 Å². The number of imidazole rings is 1. The van der Waals surface area contributed by atoms with Crippen LogP contribution in [0.5, 0.6) is 0 Å². The molecular weight excluding hydrogens is 314 g/mol. The number of aromatic nitrogens is 2. The van der Waals surface area contributed by atoms with Gasteiger partial charge in [-0.3, -0.25) is 4.79 Å². The number of nitrogens with zero attached hydrogens (tertiary/aromatic N) is 3. The number of carbonyl (C=O) groups is 1. The number of benzene rings is 1. The van der Waals surface area contributed by atoms with Crippen molar-refractivity contribution in [2.45, 2.75) is 32.2 Å². The van der Waals surface area contributed by atoms with E-state index in [-0.39, 0.29) is 5.91 Å². The molecule has 1 amide bonds. The average Bonchev–Trinajstić information content (AvgIpc) is 3.18. The van der Waals surface area contributed by atoms with E-state index in [0.717, 1.165) is 42.9 Å². The van der Waals surface area contributed by atoms with E-state index >= 15 is 0 Å². The quantitative estimate of drug-likeness (QED) is 0.801. The van der Waals surface area contributed by atoms with E-state index in [4.69, 9.17) is 0 Å². The van der Waals surface area contributed by atoms with E-state index in [9.17, 15) is 4.79 Å². The standard InChI is InChI=1S/C19H29N5O/c1-14-4-5-16-17(12-14)22-18(21-16)6-9-20-19(25)8-11-24(3)15-7-10-23(2)13-15/h4-5,12,15H,6-11,13H2,1-3H3,(H,20,25)(H,21,22). The maximum Gasteiger partial charge on any atom is 0.221 e. The summed E-state index contributed by atoms with van der Waals surface area (Å²) in [7, 11) is 4.27. The number of likely N-dealkylation sites (N-methyl/N-ethyl adjacent to an activating group) is 2. The highest BCUT2D eigenvalue weighted by Crippen LogP contribution is 2.14. The highest BCUT2D eigenvalue weighted by molar-refractivity contribution is 5.76. The van der Waals surface area contributed by atoms with Crippen LogP contribution < -0.4 is 5.32 Å². The van der Waals surface area contributed by atoms with Gasteiger partial charge in [-0.2, -0.15) is 0 Å². The molecule has 0 saturated carbocycles. The molecule has 1 unspecified atom stereocenters. The Morgan fingerprint density at radius 1 is 1.48 bits per heavy atom. The van der Waals surface area contributed by atoms with Crippen molar-refractivity contribution in [3.63, 3.8) is 0 Å². The smallest absolute Gasteiger partial charge is 0.221 e. The van der Waals surface area contributed by atoms with Gasteiger partial charge in [0.25, 0.3) is 0 Å². The highest BCUT2D eigenvalue weighted by atomic mass is 16.1. The number of hydrogen-bond acceptors (Lipinski definition) is 4. The third-order valence-electron chi connectivity index (χ3n) is 5.05. The van der Waals surface area contributed by atoms with Crippen LogP contribution in [-0.4, -0.2) is 72.0 Å². The van der Waals surface area contributed by atoms with Crippen LogP contribution in [0.3, 0.4) is 0 Å². The summed E-state index contributed by atoms with van der Waals surface area (Å²) >= 11 is 0. The van der Waals surface area contributed by atoms with Gasteiger partial charge in [0.15, 0.2) is 0 Å². The number of fused-ring (bicyclic) bond motifs is 1. The van der Waals surface area contributed by atoms with Gasteiger partial charge in [-0.05, 0) is 51.7 Å². The molecule has 1 aliphatic rings. The van der Waals surface area contributed by atoms with Gasteiger partial charge in [0, 0.05) is 38.5 Å². The lowest BCUT2D eigenvalue weighted by Gasteiger charge is -2.23. The van der Waals surface area contributed by atoms with E-state index in [1.54, 1.807) is 0 Å². The summed E-state index contributed by atoms with van der Waals surface area (Å²) in [6.07, 6.45) is 2.47. The molecule has 2 heterocycles. The second-order valence-electron chi connectivity index (χ2n) is 7.24. The van der Waals surface area contributed by atoms with Crippen molar-refractivity contribution >= 4 is 16.9 Å². The number of H-pyrrole nitrogens is 1. The van der Waals surface area contributed by atoms with Crippen LogP contribution in [0.15, 0.2) is 18.2 Å². The van der Waals surface area contributed by atoms with E-state index in [2.05, 4.69) is 58.2 Å². The summed E-state index contributed by atoms with van der Waals surface area (Å²) in [4.78, 5) is 24.6. The fraction of sp³-hybridized carbons (Fsp3) is 0.579. The molecule has 0 bridgehead atoms. The molecule has 1 aromatic heterocycles. The third-order valence-corrected chi connectivity index (χ3v) is 5.05. The van der Waals surface area contributed by atoms with Crippen molar-refractivity contribution in [3.05, 3.63) is 29.6 Å². The molecule has 1 aromatic carbocycles. The van der Waals surface area contributed by atoms with Crippen LogP contribution in [0.2, 0.25) is 0 Å². The number of hydrogen-bond donors (Lipinski definition) is 2. The molecule has 2 N–H and O–H groups in total. The molecule has 0 aliphatic carbocycles. The summed E-state index contributed by atoms with van der Waals surface area (Å²) in [5.74, 6) is 1.04. The fourth-order valence-corrected chi connectivity index (χ4v) is 3.44. The zero-order valence-corrected chi connectivity index (χ0v) is 15.5. The van der Waals surface area contributed by atoms with Gasteiger partial charge < -0.3 is 20.1 Å². The van der Waals surface area contributed by atoms with Crippen LogP contribution in [0.25, 0.3) is 11.0 Å². The Balaban J connectivity index is 1.38. The van der Waals surface area contributed by atoms with Crippen molar-refractivity contribution in [2.24, 2.45) is 0 Å². The summed E-state index contributed by atoms with van der Waals surface area (Å²) < 4.78 is 0. The Morgan fingerprint density at radius 3 is 3.08 bits per heavy atom. The minimum absolute atomic E-state index is 0.116. The first-order valence-corrected chi connectivity index (χ1v) is 9.12. The molecule has 1 saturated heterocycles. The van der Waals surface area contributed by atoms with Gasteiger partial charge in [-0.1, -0.05) is 6.07 Å². The third kappa shape index (κ3) is 4.80. The minimum atomic E-state index is 0.116. The Morgan fingerprint density at radius 2 is 2.32 bits per heavy atom. The molecule has 6 heteroatoms. The lowest BCUT2D eigenvalue weighted by molar-refractivity contribution is -0.121. The van der Waals surface area contributed by atoms with Gasteiger partial charge in [0.05, 0.1) is 11.0 Å². The van der Waals surface area contributed by atoms with Crippen molar-refractivity contribution in [1.82, 2.24) is 25.1 Å². The maximum absolute atomic E-state index is 12.1. The molecule has 3 rings (SSSR count). The van der Waals surface area contributed by atoms with Crippen LogP contribution in [0.1, 0.15) is 24.2 Å². The van der Waals surface area contributed by atoms with Gasteiger partial charge in [-0.25, -0.2) is 4.98 Å². The number of rotatable bonds is 7. The second kappa shape index (κ2) is 7.97. The zero-order chi connectivity index (χ0) is 17.8. The van der Waals surface area contributed by atoms with E-state index < -0.39 is 0 Å². The molecule has 1 aliphatic heterocycles. The largest absolute Gasteiger partial charge is 0.356 e. The van der Waals surface area contributed by atoms with Crippen LogP contribution >= 0.6 is 0 Å². The first kappa shape index (κ1) is 17.9. The number of nitrogens with one attached hydrogen (secondary N) is 2. The van der Waals surface area contributed by atoms with Crippen LogP contribution in [0.4, 0.5) is 0 Å². The average molecular weight is 343 g/mol. The Labute approximate surface area is 149 Å². The van der Waals surface area contributed by atoms with Crippen LogP contribution in [0, 0.1) is 6.92 Å². The monoisotopic (exact) mass is 343 g/mol. The molecule has 2 aromatic rings. The van der Waals surface area contributed by atoms with Gasteiger partial charge >= 0.3 is 0 Å². The normalized spacial score (nSPS) is 18.3. The van der Waals surface area contributed by atoms with Crippen molar-refractivity contribution in [1.29, 1.82) is 0 Å². The predicted octanol–water partition coefficient (Wildman–Crippen LogP) is 1.56. The molecule has 6 nitrogen and oxygen atoms in total. The van der Waals surface area contributed by atoms with Crippen molar-refractivity contribution in [3.8, 4) is 0 Å². The summed E-state index contributed by atoms with van der Waals surface area (Å²) in [6, 6.07) is 6.77. The first-order chi connectivity index (χ1) is 12.0. The van der Waals surface area contributed by atoms with Crippen molar-refractivity contribution in [2.75, 3.05) is 40.3 Å². The molecule has 0 spiro atoms. The Hall–Kier alpha value is -1.92. The number of aromatic amines is 1. The number of amides is 1. The SMILES string of the molecule is Cc1ccc2nc(CCNC(=O)CCN(C)C3CCN(C)C3)[nH]c2c1. The van der Waals surface area contributed by atoms with E-state index in [0.29, 0.717) is 19.0 Å². The minimum Gasteiger partial charge on any atom is -0.356 e. The van der Waals surface area contributed by atoms with Gasteiger partial charge in [0.2, 0.25) is 5.91 Å². The molecule has 1 atom stereocenters. The second-order valence-corrected chi connectivity index (χ2v) is 7.24. The number of aryl methyl sites for hydroxylation is 1. The highest BCUT2D eigenvalue weighted by Gasteiger charge is 2.23. The molecule has 25 heavy (non-hydrogen) atoms. The summed E-state index contributed by atoms with van der Waals surface area (Å²) in [5.41, 5.74) is 3.26. The number of carbonyl (C=O) groups excluding carboxylic acids is 1. The van der Waals surface area contributed by atoms with Gasteiger partial charge in [-0.15, -0.1) is 0 Å². The lowest BCUT2D eigenvalue weighted by atomic mass is 10.2.